The molecule has 0 aliphatic rings. The van der Waals surface area contributed by atoms with E-state index in [4.69, 9.17) is 0 Å². The number of aromatic nitrogens is 1. The first-order chi connectivity index (χ1) is 7.16. The summed E-state index contributed by atoms with van der Waals surface area (Å²) in [7, 11) is 0. The Labute approximate surface area is 91.4 Å². The highest BCUT2D eigenvalue weighted by atomic mass is 15.0. The first-order valence-electron chi connectivity index (χ1n) is 5.35. The standard InChI is InChI=1S/C14H17N/c1-11-5-4-6-14(9-11)10-15-12(2)7-8-13(15)3/h4-9H,10H2,1-3H3. The van der Waals surface area contributed by atoms with E-state index in [9.17, 15) is 0 Å². The van der Waals surface area contributed by atoms with Gasteiger partial charge in [-0.3, -0.25) is 0 Å². The predicted octanol–water partition coefficient (Wildman–Crippen LogP) is 3.46. The molecule has 1 nitrogen and oxygen atoms in total. The summed E-state index contributed by atoms with van der Waals surface area (Å²) in [5.41, 5.74) is 5.36. The molecule has 2 rings (SSSR count). The second kappa shape index (κ2) is 3.93. The van der Waals surface area contributed by atoms with Crippen molar-refractivity contribution in [3.63, 3.8) is 0 Å². The Morgan fingerprint density at radius 2 is 1.60 bits per heavy atom. The van der Waals surface area contributed by atoms with E-state index in [0.29, 0.717) is 0 Å². The molecule has 0 radical (unpaired) electrons. The zero-order valence-electron chi connectivity index (χ0n) is 9.62. The van der Waals surface area contributed by atoms with Gasteiger partial charge in [-0.2, -0.15) is 0 Å². The molecule has 0 saturated carbocycles. The van der Waals surface area contributed by atoms with Crippen molar-refractivity contribution < 1.29 is 0 Å². The molecule has 15 heavy (non-hydrogen) atoms. The summed E-state index contributed by atoms with van der Waals surface area (Å²) < 4.78 is 2.34. The van der Waals surface area contributed by atoms with Gasteiger partial charge in [-0.1, -0.05) is 29.8 Å². The van der Waals surface area contributed by atoms with Crippen molar-refractivity contribution >= 4 is 0 Å². The normalized spacial score (nSPS) is 10.6. The van der Waals surface area contributed by atoms with Crippen molar-refractivity contribution in [2.45, 2.75) is 27.3 Å². The number of benzene rings is 1. The third kappa shape index (κ3) is 2.12. The van der Waals surface area contributed by atoms with Gasteiger partial charge in [-0.25, -0.2) is 0 Å². The van der Waals surface area contributed by atoms with E-state index in [1.54, 1.807) is 0 Å². The fraction of sp³-hybridized carbons (Fsp3) is 0.286. The van der Waals surface area contributed by atoms with Gasteiger partial charge in [0.2, 0.25) is 0 Å². The zero-order chi connectivity index (χ0) is 10.8. The van der Waals surface area contributed by atoms with Crippen LogP contribution in [0.1, 0.15) is 22.5 Å². The van der Waals surface area contributed by atoms with E-state index in [1.165, 1.54) is 22.5 Å². The molecule has 0 aliphatic heterocycles. The van der Waals surface area contributed by atoms with Crippen molar-refractivity contribution in [1.29, 1.82) is 0 Å². The van der Waals surface area contributed by atoms with Crippen molar-refractivity contribution in [2.75, 3.05) is 0 Å². The van der Waals surface area contributed by atoms with Gasteiger partial charge in [-0.05, 0) is 38.5 Å². The lowest BCUT2D eigenvalue weighted by molar-refractivity contribution is 0.749. The van der Waals surface area contributed by atoms with Gasteiger partial charge < -0.3 is 4.57 Å². The van der Waals surface area contributed by atoms with Crippen LogP contribution < -0.4 is 0 Å². The van der Waals surface area contributed by atoms with Crippen LogP contribution in [-0.2, 0) is 6.54 Å². The van der Waals surface area contributed by atoms with E-state index >= 15 is 0 Å². The van der Waals surface area contributed by atoms with E-state index in [1.807, 2.05) is 0 Å². The first kappa shape index (κ1) is 10.0. The minimum atomic E-state index is 0.979. The lowest BCUT2D eigenvalue weighted by Gasteiger charge is -2.09. The lowest BCUT2D eigenvalue weighted by Crippen LogP contribution is -2.03. The monoisotopic (exact) mass is 199 g/mol. The smallest absolute Gasteiger partial charge is 0.0475 e. The lowest BCUT2D eigenvalue weighted by atomic mass is 10.1. The van der Waals surface area contributed by atoms with Crippen molar-refractivity contribution in [3.05, 3.63) is 58.9 Å². The fourth-order valence-electron chi connectivity index (χ4n) is 1.94. The van der Waals surface area contributed by atoms with Crippen LogP contribution in [0, 0.1) is 20.8 Å². The third-order valence-corrected chi connectivity index (χ3v) is 2.84. The molecule has 0 saturated heterocycles. The molecule has 2 aromatic rings. The van der Waals surface area contributed by atoms with E-state index in [-0.39, 0.29) is 0 Å². The summed E-state index contributed by atoms with van der Waals surface area (Å²) in [6, 6.07) is 13.0. The van der Waals surface area contributed by atoms with Gasteiger partial charge in [0.25, 0.3) is 0 Å². The quantitative estimate of drug-likeness (QED) is 0.698. The molecule has 0 N–H and O–H groups in total. The van der Waals surface area contributed by atoms with Gasteiger partial charge in [-0.15, -0.1) is 0 Å². The molecule has 78 valence electrons. The van der Waals surface area contributed by atoms with Crippen LogP contribution in [0.3, 0.4) is 0 Å². The SMILES string of the molecule is Cc1cccc(Cn2c(C)ccc2C)c1. The molecule has 0 atom stereocenters. The van der Waals surface area contributed by atoms with Crippen LogP contribution in [0.25, 0.3) is 0 Å². The first-order valence-corrected chi connectivity index (χ1v) is 5.35. The number of aryl methyl sites for hydroxylation is 3. The topological polar surface area (TPSA) is 4.93 Å². The third-order valence-electron chi connectivity index (χ3n) is 2.84. The second-order valence-electron chi connectivity index (χ2n) is 4.19. The van der Waals surface area contributed by atoms with Gasteiger partial charge in [0.15, 0.2) is 0 Å². The minimum Gasteiger partial charge on any atom is -0.345 e. The predicted molar refractivity (Wildman–Crippen MR) is 64.2 cm³/mol. The van der Waals surface area contributed by atoms with Crippen LogP contribution in [0.15, 0.2) is 36.4 Å². The average Bonchev–Trinajstić information content (AvgIpc) is 2.50. The Kier molecular flexibility index (Phi) is 2.63. The van der Waals surface area contributed by atoms with Crippen LogP contribution in [0.2, 0.25) is 0 Å². The van der Waals surface area contributed by atoms with Crippen molar-refractivity contribution in [3.8, 4) is 0 Å². The Balaban J connectivity index is 2.29. The Hall–Kier alpha value is -1.50. The molecule has 0 bridgehead atoms. The van der Waals surface area contributed by atoms with E-state index in [0.717, 1.165) is 6.54 Å². The van der Waals surface area contributed by atoms with Gasteiger partial charge >= 0.3 is 0 Å². The average molecular weight is 199 g/mol. The van der Waals surface area contributed by atoms with Crippen LogP contribution in [0.4, 0.5) is 0 Å². The molecule has 0 fully saturated rings. The van der Waals surface area contributed by atoms with Crippen LogP contribution in [0.5, 0.6) is 0 Å². The molecule has 1 heteroatoms. The number of hydrogen-bond acceptors (Lipinski definition) is 0. The van der Waals surface area contributed by atoms with Gasteiger partial charge in [0.05, 0.1) is 0 Å². The maximum absolute atomic E-state index is 2.34. The fourth-order valence-corrected chi connectivity index (χ4v) is 1.94. The molecule has 0 unspecified atom stereocenters. The zero-order valence-corrected chi connectivity index (χ0v) is 9.62. The highest BCUT2D eigenvalue weighted by Crippen LogP contribution is 2.12. The largest absolute Gasteiger partial charge is 0.345 e. The van der Waals surface area contributed by atoms with Crippen LogP contribution >= 0.6 is 0 Å². The highest BCUT2D eigenvalue weighted by Gasteiger charge is 2.01. The Morgan fingerprint density at radius 1 is 0.933 bits per heavy atom. The summed E-state index contributed by atoms with van der Waals surface area (Å²) in [6.07, 6.45) is 0. The maximum atomic E-state index is 2.34. The van der Waals surface area contributed by atoms with Crippen molar-refractivity contribution in [1.82, 2.24) is 4.57 Å². The molecule has 0 aliphatic carbocycles. The number of nitrogens with zero attached hydrogens (tertiary/aromatic N) is 1. The summed E-state index contributed by atoms with van der Waals surface area (Å²) in [5.74, 6) is 0. The summed E-state index contributed by atoms with van der Waals surface area (Å²) in [5, 5.41) is 0. The number of rotatable bonds is 2. The Bertz CT molecular complexity index is 446. The summed E-state index contributed by atoms with van der Waals surface area (Å²) in [4.78, 5) is 0. The highest BCUT2D eigenvalue weighted by molar-refractivity contribution is 5.24. The molecule has 0 amide bonds. The molecular weight excluding hydrogens is 182 g/mol. The minimum absolute atomic E-state index is 0.979. The van der Waals surface area contributed by atoms with E-state index < -0.39 is 0 Å². The van der Waals surface area contributed by atoms with Gasteiger partial charge in [0.1, 0.15) is 0 Å². The molecule has 1 aromatic carbocycles. The molecule has 1 aromatic heterocycles. The van der Waals surface area contributed by atoms with Crippen molar-refractivity contribution in [2.24, 2.45) is 0 Å². The van der Waals surface area contributed by atoms with Gasteiger partial charge in [0, 0.05) is 17.9 Å². The van der Waals surface area contributed by atoms with E-state index in [2.05, 4.69) is 61.7 Å². The Morgan fingerprint density at radius 3 is 2.20 bits per heavy atom. The maximum Gasteiger partial charge on any atom is 0.0475 e. The molecular formula is C14H17N. The van der Waals surface area contributed by atoms with Crippen LogP contribution in [-0.4, -0.2) is 4.57 Å². The summed E-state index contributed by atoms with van der Waals surface area (Å²) in [6.45, 7) is 7.43. The number of hydrogen-bond donors (Lipinski definition) is 0. The molecule has 1 heterocycles. The molecule has 0 spiro atoms. The summed E-state index contributed by atoms with van der Waals surface area (Å²) >= 11 is 0. The second-order valence-corrected chi connectivity index (χ2v) is 4.19.